The first kappa shape index (κ1) is 18.7. The van der Waals surface area contributed by atoms with Gasteiger partial charge in [-0.25, -0.2) is 9.59 Å². The number of carboxylic acid groups (broad SMARTS) is 1. The third-order valence-corrected chi connectivity index (χ3v) is 3.33. The maximum absolute atomic E-state index is 12.3. The van der Waals surface area contributed by atoms with Crippen LogP contribution in [0.3, 0.4) is 0 Å². The van der Waals surface area contributed by atoms with Gasteiger partial charge in [-0.05, 0) is 35.9 Å². The lowest BCUT2D eigenvalue weighted by molar-refractivity contribution is -0.131. The highest BCUT2D eigenvalue weighted by Crippen LogP contribution is 2.40. The van der Waals surface area contributed by atoms with E-state index in [2.05, 4.69) is 0 Å². The SMILES string of the molecule is COc1cc(C=CC(=O)O)cc(OC)c1OC(=O)c1cccc(O)c1O. The second-order valence-corrected chi connectivity index (χ2v) is 4.99. The van der Waals surface area contributed by atoms with Crippen molar-refractivity contribution in [3.63, 3.8) is 0 Å². The van der Waals surface area contributed by atoms with Crippen LogP contribution in [0.4, 0.5) is 0 Å². The van der Waals surface area contributed by atoms with Crippen molar-refractivity contribution in [1.29, 1.82) is 0 Å². The van der Waals surface area contributed by atoms with Crippen molar-refractivity contribution < 1.29 is 39.1 Å². The molecule has 0 amide bonds. The molecule has 0 radical (unpaired) electrons. The molecule has 0 heterocycles. The van der Waals surface area contributed by atoms with E-state index in [1.54, 1.807) is 0 Å². The Morgan fingerprint density at radius 2 is 1.65 bits per heavy atom. The number of carbonyl (C=O) groups excluding carboxylic acids is 1. The first-order valence-electron chi connectivity index (χ1n) is 7.27. The predicted octanol–water partition coefficient (Wildman–Crippen LogP) is 2.43. The number of carbonyl (C=O) groups is 2. The highest BCUT2D eigenvalue weighted by Gasteiger charge is 2.21. The van der Waals surface area contributed by atoms with Crippen molar-refractivity contribution in [3.8, 4) is 28.7 Å². The Hall–Kier alpha value is -3.68. The molecule has 26 heavy (non-hydrogen) atoms. The molecule has 0 saturated carbocycles. The second-order valence-electron chi connectivity index (χ2n) is 4.99. The van der Waals surface area contributed by atoms with Gasteiger partial charge in [-0.2, -0.15) is 0 Å². The monoisotopic (exact) mass is 360 g/mol. The maximum atomic E-state index is 12.3. The zero-order valence-corrected chi connectivity index (χ0v) is 13.9. The van der Waals surface area contributed by atoms with Crippen LogP contribution in [0.25, 0.3) is 6.08 Å². The molecule has 8 heteroatoms. The standard InChI is InChI=1S/C18H16O8/c1-24-13-8-10(6-7-15(20)21)9-14(25-2)17(13)26-18(23)11-4-3-5-12(19)16(11)22/h3-9,19,22H,1-2H3,(H,20,21). The van der Waals surface area contributed by atoms with Crippen molar-refractivity contribution in [2.24, 2.45) is 0 Å². The number of aromatic hydroxyl groups is 2. The molecule has 3 N–H and O–H groups in total. The van der Waals surface area contributed by atoms with Gasteiger partial charge in [0.2, 0.25) is 5.75 Å². The lowest BCUT2D eigenvalue weighted by Crippen LogP contribution is -2.10. The smallest absolute Gasteiger partial charge is 0.347 e. The summed E-state index contributed by atoms with van der Waals surface area (Å²) >= 11 is 0. The minimum Gasteiger partial charge on any atom is -0.504 e. The molecule has 0 spiro atoms. The molecule has 0 aliphatic rings. The van der Waals surface area contributed by atoms with Crippen LogP contribution in [0.1, 0.15) is 15.9 Å². The summed E-state index contributed by atoms with van der Waals surface area (Å²) in [4.78, 5) is 23.0. The number of phenolic OH excluding ortho intramolecular Hbond substituents is 2. The summed E-state index contributed by atoms with van der Waals surface area (Å²) in [5.41, 5.74) is 0.199. The molecule has 0 atom stereocenters. The second kappa shape index (κ2) is 7.93. The van der Waals surface area contributed by atoms with Crippen molar-refractivity contribution >= 4 is 18.0 Å². The average molecular weight is 360 g/mol. The van der Waals surface area contributed by atoms with Gasteiger partial charge in [-0.3, -0.25) is 0 Å². The minimum absolute atomic E-state index is 0.0600. The van der Waals surface area contributed by atoms with Crippen molar-refractivity contribution in [1.82, 2.24) is 0 Å². The number of hydrogen-bond acceptors (Lipinski definition) is 7. The minimum atomic E-state index is -1.13. The number of hydrogen-bond donors (Lipinski definition) is 3. The van der Waals surface area contributed by atoms with Crippen LogP contribution >= 0.6 is 0 Å². The number of benzene rings is 2. The quantitative estimate of drug-likeness (QED) is 0.311. The lowest BCUT2D eigenvalue weighted by atomic mass is 10.1. The molecule has 0 aromatic heterocycles. The van der Waals surface area contributed by atoms with Crippen molar-refractivity contribution in [3.05, 3.63) is 47.5 Å². The van der Waals surface area contributed by atoms with Crippen LogP contribution in [0.5, 0.6) is 28.7 Å². The average Bonchev–Trinajstić information content (AvgIpc) is 2.62. The Bertz CT molecular complexity index is 844. The van der Waals surface area contributed by atoms with Gasteiger partial charge in [0.05, 0.1) is 14.2 Å². The van der Waals surface area contributed by atoms with E-state index in [0.29, 0.717) is 5.56 Å². The Labute approximate surface area is 148 Å². The Morgan fingerprint density at radius 3 is 2.19 bits per heavy atom. The molecule has 0 aliphatic heterocycles. The van der Waals surface area contributed by atoms with E-state index in [1.807, 2.05) is 0 Å². The molecule has 0 bridgehead atoms. The fraction of sp³-hybridized carbons (Fsp3) is 0.111. The molecule has 8 nitrogen and oxygen atoms in total. The van der Waals surface area contributed by atoms with Crippen molar-refractivity contribution in [2.75, 3.05) is 14.2 Å². The van der Waals surface area contributed by atoms with Crippen LogP contribution < -0.4 is 14.2 Å². The summed E-state index contributed by atoms with van der Waals surface area (Å²) in [6.07, 6.45) is 2.25. The molecule has 0 aliphatic carbocycles. The highest BCUT2D eigenvalue weighted by atomic mass is 16.6. The number of carboxylic acids is 1. The fourth-order valence-corrected chi connectivity index (χ4v) is 2.11. The molecule has 2 aromatic rings. The molecule has 136 valence electrons. The van der Waals surface area contributed by atoms with E-state index in [-0.39, 0.29) is 22.8 Å². The Kier molecular flexibility index (Phi) is 5.69. The summed E-state index contributed by atoms with van der Waals surface area (Å²) in [5.74, 6) is -2.98. The van der Waals surface area contributed by atoms with Gasteiger partial charge >= 0.3 is 11.9 Å². The Balaban J connectivity index is 2.43. The number of phenols is 2. The van der Waals surface area contributed by atoms with Gasteiger partial charge in [0.1, 0.15) is 5.56 Å². The fourth-order valence-electron chi connectivity index (χ4n) is 2.11. The van der Waals surface area contributed by atoms with Crippen LogP contribution in [0.15, 0.2) is 36.4 Å². The Morgan fingerprint density at radius 1 is 1.04 bits per heavy atom. The summed E-state index contributed by atoms with van der Waals surface area (Å²) in [7, 11) is 2.67. The maximum Gasteiger partial charge on any atom is 0.347 e. The molecular weight excluding hydrogens is 344 g/mol. The molecular formula is C18H16O8. The van der Waals surface area contributed by atoms with Gasteiger partial charge in [0.15, 0.2) is 23.0 Å². The van der Waals surface area contributed by atoms with Gasteiger partial charge in [-0.1, -0.05) is 6.07 Å². The van der Waals surface area contributed by atoms with Gasteiger partial charge in [0.25, 0.3) is 0 Å². The number of para-hydroxylation sites is 1. The van der Waals surface area contributed by atoms with Crippen LogP contribution in [0.2, 0.25) is 0 Å². The first-order chi connectivity index (χ1) is 12.4. The largest absolute Gasteiger partial charge is 0.504 e. The van der Waals surface area contributed by atoms with Gasteiger partial charge in [-0.15, -0.1) is 0 Å². The molecule has 2 rings (SSSR count). The molecule has 0 unspecified atom stereocenters. The van der Waals surface area contributed by atoms with E-state index in [9.17, 15) is 19.8 Å². The van der Waals surface area contributed by atoms with Gasteiger partial charge < -0.3 is 29.5 Å². The predicted molar refractivity (Wildman–Crippen MR) is 90.9 cm³/mol. The van der Waals surface area contributed by atoms with Gasteiger partial charge in [0, 0.05) is 6.08 Å². The number of ether oxygens (including phenoxy) is 3. The molecule has 2 aromatic carbocycles. The van der Waals surface area contributed by atoms with Crippen LogP contribution in [0, 0.1) is 0 Å². The van der Waals surface area contributed by atoms with Crippen molar-refractivity contribution in [2.45, 2.75) is 0 Å². The zero-order chi connectivity index (χ0) is 19.3. The third kappa shape index (κ3) is 4.04. The van der Waals surface area contributed by atoms with Crippen LogP contribution in [-0.4, -0.2) is 41.5 Å². The number of esters is 1. The first-order valence-corrected chi connectivity index (χ1v) is 7.27. The summed E-state index contributed by atoms with van der Waals surface area (Å²) in [5, 5.41) is 28.0. The van der Waals surface area contributed by atoms with Crippen LogP contribution in [-0.2, 0) is 4.79 Å². The highest BCUT2D eigenvalue weighted by molar-refractivity contribution is 5.95. The lowest BCUT2D eigenvalue weighted by Gasteiger charge is -2.14. The number of aliphatic carboxylic acids is 1. The van der Waals surface area contributed by atoms with E-state index >= 15 is 0 Å². The zero-order valence-electron chi connectivity index (χ0n) is 13.9. The number of methoxy groups -OCH3 is 2. The number of rotatable bonds is 6. The van der Waals surface area contributed by atoms with E-state index in [0.717, 1.165) is 6.08 Å². The summed E-state index contributed by atoms with van der Waals surface area (Å²) in [6, 6.07) is 6.77. The van der Waals surface area contributed by atoms with E-state index in [1.165, 1.54) is 50.6 Å². The van der Waals surface area contributed by atoms with E-state index in [4.69, 9.17) is 19.3 Å². The molecule has 0 fully saturated rings. The summed E-state index contributed by atoms with van der Waals surface area (Å²) in [6.45, 7) is 0. The third-order valence-electron chi connectivity index (χ3n) is 3.33. The van der Waals surface area contributed by atoms with E-state index < -0.39 is 23.4 Å². The normalized spacial score (nSPS) is 10.5. The molecule has 0 saturated heterocycles. The summed E-state index contributed by atoms with van der Waals surface area (Å²) < 4.78 is 15.6. The topological polar surface area (TPSA) is 123 Å².